The minimum absolute atomic E-state index is 0.329. The van der Waals surface area contributed by atoms with Crippen molar-refractivity contribution in [2.24, 2.45) is 22.5 Å². The van der Waals surface area contributed by atoms with Gasteiger partial charge in [0.2, 0.25) is 0 Å². The lowest BCUT2D eigenvalue weighted by atomic mass is 9.83. The van der Waals surface area contributed by atoms with E-state index in [9.17, 15) is 0 Å². The van der Waals surface area contributed by atoms with Gasteiger partial charge in [0.25, 0.3) is 0 Å². The second kappa shape index (κ2) is 4.43. The molecule has 1 saturated heterocycles. The Bertz CT molecular complexity index is 311. The van der Waals surface area contributed by atoms with Crippen molar-refractivity contribution in [2.75, 3.05) is 19.6 Å². The number of piperidine rings is 1. The molecule has 0 aromatic heterocycles. The molecule has 2 heterocycles. The Balaban J connectivity index is 2.11. The number of hydrogen-bond acceptors (Lipinski definition) is 5. The highest BCUT2D eigenvalue weighted by atomic mass is 15.4. The smallest absolute Gasteiger partial charge is 0.146 e. The van der Waals surface area contributed by atoms with Gasteiger partial charge in [-0.05, 0) is 32.0 Å². The van der Waals surface area contributed by atoms with Crippen molar-refractivity contribution >= 4 is 6.21 Å². The number of nitrogens with two attached hydrogens (primary N) is 2. The predicted molar refractivity (Wildman–Crippen MR) is 65.7 cm³/mol. The SMILES string of the molecule is CCN1CCCC(C2(N)NN=CC=C2N)C1. The van der Waals surface area contributed by atoms with Crippen LogP contribution >= 0.6 is 0 Å². The highest BCUT2D eigenvalue weighted by molar-refractivity contribution is 5.73. The normalized spacial score (nSPS) is 35.6. The Kier molecular flexibility index (Phi) is 3.16. The lowest BCUT2D eigenvalue weighted by Crippen LogP contribution is -2.64. The monoisotopic (exact) mass is 223 g/mol. The number of allylic oxidation sites excluding steroid dienone is 1. The van der Waals surface area contributed by atoms with E-state index >= 15 is 0 Å². The minimum Gasteiger partial charge on any atom is -0.399 e. The number of nitrogens with one attached hydrogen (secondary N) is 1. The van der Waals surface area contributed by atoms with E-state index in [1.54, 1.807) is 12.3 Å². The molecule has 16 heavy (non-hydrogen) atoms. The topological polar surface area (TPSA) is 79.7 Å². The molecule has 5 heteroatoms. The van der Waals surface area contributed by atoms with Crippen molar-refractivity contribution in [2.45, 2.75) is 25.4 Å². The number of nitrogens with zero attached hydrogens (tertiary/aromatic N) is 2. The van der Waals surface area contributed by atoms with Gasteiger partial charge in [0.15, 0.2) is 0 Å². The summed E-state index contributed by atoms with van der Waals surface area (Å²) in [6.07, 6.45) is 5.72. The van der Waals surface area contributed by atoms with Gasteiger partial charge in [0.1, 0.15) is 5.66 Å². The molecule has 0 spiro atoms. The Labute approximate surface area is 96.5 Å². The van der Waals surface area contributed by atoms with E-state index in [1.807, 2.05) is 0 Å². The minimum atomic E-state index is -0.664. The molecule has 0 amide bonds. The van der Waals surface area contributed by atoms with E-state index in [1.165, 1.54) is 6.42 Å². The van der Waals surface area contributed by atoms with Gasteiger partial charge in [-0.15, -0.1) is 0 Å². The van der Waals surface area contributed by atoms with Crippen LogP contribution in [0.5, 0.6) is 0 Å². The Morgan fingerprint density at radius 2 is 2.50 bits per heavy atom. The standard InChI is InChI=1S/C11H21N5/c1-2-16-7-3-4-9(8-16)11(13)10(12)5-6-14-15-11/h5-6,9,15H,2-4,7-8,12-13H2,1H3. The van der Waals surface area contributed by atoms with E-state index in [2.05, 4.69) is 22.4 Å². The summed E-state index contributed by atoms with van der Waals surface area (Å²) >= 11 is 0. The molecule has 0 aromatic carbocycles. The maximum atomic E-state index is 6.35. The molecule has 2 atom stereocenters. The number of hydrogen-bond donors (Lipinski definition) is 3. The molecule has 2 rings (SSSR count). The molecule has 2 aliphatic heterocycles. The zero-order chi connectivity index (χ0) is 11.6. The first-order chi connectivity index (χ1) is 7.66. The van der Waals surface area contributed by atoms with Crippen LogP contribution in [-0.4, -0.2) is 36.4 Å². The third-order valence-electron chi connectivity index (χ3n) is 3.65. The molecule has 0 aliphatic carbocycles. The van der Waals surface area contributed by atoms with Crippen LogP contribution in [0.25, 0.3) is 0 Å². The maximum absolute atomic E-state index is 6.35. The van der Waals surface area contributed by atoms with Crippen molar-refractivity contribution in [1.29, 1.82) is 0 Å². The highest BCUT2D eigenvalue weighted by Gasteiger charge is 2.40. The van der Waals surface area contributed by atoms with Gasteiger partial charge in [0, 0.05) is 18.7 Å². The molecule has 0 radical (unpaired) electrons. The van der Waals surface area contributed by atoms with Gasteiger partial charge in [-0.25, -0.2) is 0 Å². The summed E-state index contributed by atoms with van der Waals surface area (Å²) in [5.41, 5.74) is 15.4. The van der Waals surface area contributed by atoms with Gasteiger partial charge in [-0.1, -0.05) is 6.92 Å². The molecule has 2 unspecified atom stereocenters. The molecule has 0 bridgehead atoms. The summed E-state index contributed by atoms with van der Waals surface area (Å²) in [5.74, 6) is 0.329. The zero-order valence-electron chi connectivity index (χ0n) is 9.82. The summed E-state index contributed by atoms with van der Waals surface area (Å²) in [6.45, 7) is 5.40. The molecule has 1 fully saturated rings. The molecule has 90 valence electrons. The molecule has 5 N–H and O–H groups in total. The largest absolute Gasteiger partial charge is 0.399 e. The molecule has 2 aliphatic rings. The average Bonchev–Trinajstić information content (AvgIpc) is 2.33. The van der Waals surface area contributed by atoms with E-state index in [0.717, 1.165) is 26.1 Å². The summed E-state index contributed by atoms with van der Waals surface area (Å²) in [7, 11) is 0. The van der Waals surface area contributed by atoms with Crippen LogP contribution < -0.4 is 16.9 Å². The van der Waals surface area contributed by atoms with Crippen LogP contribution in [0, 0.1) is 5.92 Å². The van der Waals surface area contributed by atoms with Crippen molar-refractivity contribution in [1.82, 2.24) is 10.3 Å². The number of hydrazone groups is 1. The summed E-state index contributed by atoms with van der Waals surface area (Å²) in [6, 6.07) is 0. The predicted octanol–water partition coefficient (Wildman–Crippen LogP) is -0.195. The Morgan fingerprint density at radius 1 is 1.69 bits per heavy atom. The quantitative estimate of drug-likeness (QED) is 0.606. The molecular weight excluding hydrogens is 202 g/mol. The molecule has 0 aromatic rings. The van der Waals surface area contributed by atoms with Gasteiger partial charge in [-0.2, -0.15) is 5.10 Å². The summed E-state index contributed by atoms with van der Waals surface area (Å²) < 4.78 is 0. The van der Waals surface area contributed by atoms with Crippen molar-refractivity contribution in [3.8, 4) is 0 Å². The van der Waals surface area contributed by atoms with Crippen LogP contribution in [0.4, 0.5) is 0 Å². The molecular formula is C11H21N5. The second-order valence-electron chi connectivity index (χ2n) is 4.61. The average molecular weight is 223 g/mol. The van der Waals surface area contributed by atoms with Gasteiger partial charge in [-0.3, -0.25) is 5.43 Å². The molecule has 0 saturated carbocycles. The lowest BCUT2D eigenvalue weighted by molar-refractivity contribution is 0.118. The fourth-order valence-electron chi connectivity index (χ4n) is 2.51. The van der Waals surface area contributed by atoms with Crippen molar-refractivity contribution in [3.63, 3.8) is 0 Å². The van der Waals surface area contributed by atoms with Gasteiger partial charge < -0.3 is 16.4 Å². The van der Waals surface area contributed by atoms with Gasteiger partial charge >= 0.3 is 0 Å². The van der Waals surface area contributed by atoms with Crippen molar-refractivity contribution in [3.05, 3.63) is 11.8 Å². The number of rotatable bonds is 2. The first-order valence-corrected chi connectivity index (χ1v) is 5.94. The third kappa shape index (κ3) is 1.92. The van der Waals surface area contributed by atoms with E-state index in [-0.39, 0.29) is 0 Å². The van der Waals surface area contributed by atoms with Crippen LogP contribution in [-0.2, 0) is 0 Å². The van der Waals surface area contributed by atoms with Crippen LogP contribution in [0.3, 0.4) is 0 Å². The number of likely N-dealkylation sites (tertiary alicyclic amines) is 1. The van der Waals surface area contributed by atoms with E-state index in [0.29, 0.717) is 11.6 Å². The third-order valence-corrected chi connectivity index (χ3v) is 3.65. The van der Waals surface area contributed by atoms with Gasteiger partial charge in [0.05, 0.1) is 5.70 Å². The van der Waals surface area contributed by atoms with E-state index < -0.39 is 5.66 Å². The van der Waals surface area contributed by atoms with Crippen LogP contribution in [0.15, 0.2) is 16.9 Å². The first-order valence-electron chi connectivity index (χ1n) is 5.94. The van der Waals surface area contributed by atoms with Crippen LogP contribution in [0.2, 0.25) is 0 Å². The maximum Gasteiger partial charge on any atom is 0.146 e. The fraction of sp³-hybridized carbons (Fsp3) is 0.727. The van der Waals surface area contributed by atoms with E-state index in [4.69, 9.17) is 11.5 Å². The molecule has 5 nitrogen and oxygen atoms in total. The second-order valence-corrected chi connectivity index (χ2v) is 4.61. The Morgan fingerprint density at radius 3 is 3.19 bits per heavy atom. The summed E-state index contributed by atoms with van der Waals surface area (Å²) in [4.78, 5) is 2.41. The lowest BCUT2D eigenvalue weighted by Gasteiger charge is -2.43. The highest BCUT2D eigenvalue weighted by Crippen LogP contribution is 2.28. The first kappa shape index (κ1) is 11.4. The van der Waals surface area contributed by atoms with Crippen molar-refractivity contribution < 1.29 is 0 Å². The zero-order valence-corrected chi connectivity index (χ0v) is 9.82. The van der Waals surface area contributed by atoms with Crippen LogP contribution in [0.1, 0.15) is 19.8 Å². The Hall–Kier alpha value is -1.07. The fourth-order valence-corrected chi connectivity index (χ4v) is 2.51. The summed E-state index contributed by atoms with van der Waals surface area (Å²) in [5, 5.41) is 4.03.